The molecule has 1 aliphatic carbocycles. The maximum absolute atomic E-state index is 13.1. The van der Waals surface area contributed by atoms with Crippen molar-refractivity contribution in [2.45, 2.75) is 58.4 Å². The predicted octanol–water partition coefficient (Wildman–Crippen LogP) is 4.36. The number of benzene rings is 1. The van der Waals surface area contributed by atoms with E-state index in [1.54, 1.807) is 0 Å². The number of aryl methyl sites for hydroxylation is 1. The third-order valence-corrected chi connectivity index (χ3v) is 5.98. The summed E-state index contributed by atoms with van der Waals surface area (Å²) in [6, 6.07) is 11.2. The van der Waals surface area contributed by atoms with Crippen LogP contribution in [0.2, 0.25) is 0 Å². The molecule has 7 heteroatoms. The van der Waals surface area contributed by atoms with Crippen LogP contribution in [0, 0.1) is 5.92 Å². The van der Waals surface area contributed by atoms with E-state index < -0.39 is 0 Å². The largest absolute Gasteiger partial charge is 0.462 e. The number of amides is 2. The van der Waals surface area contributed by atoms with Gasteiger partial charge in [-0.05, 0) is 43.3 Å². The van der Waals surface area contributed by atoms with Crippen molar-refractivity contribution in [1.82, 2.24) is 19.9 Å². The topological polar surface area (TPSA) is 71.7 Å². The first-order chi connectivity index (χ1) is 14.6. The highest BCUT2D eigenvalue weighted by Crippen LogP contribution is 2.44. The van der Waals surface area contributed by atoms with Crippen molar-refractivity contribution in [3.63, 3.8) is 0 Å². The highest BCUT2D eigenvalue weighted by Gasteiger charge is 2.44. The fraction of sp³-hybridized carbons (Fsp3) is 0.609. The van der Waals surface area contributed by atoms with Crippen LogP contribution >= 0.6 is 0 Å². The maximum Gasteiger partial charge on any atom is 0.354 e. The van der Waals surface area contributed by atoms with Crippen LogP contribution in [0.3, 0.4) is 0 Å². The summed E-state index contributed by atoms with van der Waals surface area (Å²) in [5.74, 6) is 1.43. The van der Waals surface area contributed by atoms with Crippen molar-refractivity contribution in [3.05, 3.63) is 41.8 Å². The van der Waals surface area contributed by atoms with E-state index in [1.165, 1.54) is 5.56 Å². The van der Waals surface area contributed by atoms with Gasteiger partial charge in [0.15, 0.2) is 0 Å². The summed E-state index contributed by atoms with van der Waals surface area (Å²) in [5.41, 5.74) is 1.32. The van der Waals surface area contributed by atoms with E-state index >= 15 is 0 Å². The van der Waals surface area contributed by atoms with Crippen molar-refractivity contribution in [1.29, 1.82) is 0 Å². The molecule has 0 saturated heterocycles. The Morgan fingerprint density at radius 3 is 2.70 bits per heavy atom. The lowest BCUT2D eigenvalue weighted by Crippen LogP contribution is -2.44. The molecule has 3 rings (SSSR count). The molecule has 1 aromatic carbocycles. The highest BCUT2D eigenvalue weighted by atomic mass is 16.5. The zero-order valence-corrected chi connectivity index (χ0v) is 18.6. The molecule has 1 fully saturated rings. The molecular weight excluding hydrogens is 380 g/mol. The molecule has 30 heavy (non-hydrogen) atoms. The average molecular weight is 415 g/mol. The van der Waals surface area contributed by atoms with E-state index in [2.05, 4.69) is 41.3 Å². The second-order valence-electron chi connectivity index (χ2n) is 7.97. The van der Waals surface area contributed by atoms with E-state index in [4.69, 9.17) is 9.26 Å². The van der Waals surface area contributed by atoms with E-state index in [0.717, 1.165) is 25.8 Å². The molecule has 0 spiro atoms. The molecule has 3 atom stereocenters. The fourth-order valence-corrected chi connectivity index (χ4v) is 3.97. The van der Waals surface area contributed by atoms with Crippen molar-refractivity contribution < 1.29 is 14.1 Å². The summed E-state index contributed by atoms with van der Waals surface area (Å²) in [6.07, 6.45) is 3.63. The summed E-state index contributed by atoms with van der Waals surface area (Å²) in [5, 5.41) is 3.82. The number of rotatable bonds is 11. The molecule has 1 aliphatic rings. The summed E-state index contributed by atoms with van der Waals surface area (Å²) < 4.78 is 10.5. The Labute approximate surface area is 179 Å². The minimum Gasteiger partial charge on any atom is -0.462 e. The number of hydrogen-bond donors (Lipinski definition) is 0. The van der Waals surface area contributed by atoms with E-state index in [0.29, 0.717) is 49.4 Å². The van der Waals surface area contributed by atoms with Crippen LogP contribution in [0.5, 0.6) is 6.01 Å². The predicted molar refractivity (Wildman–Crippen MR) is 116 cm³/mol. The summed E-state index contributed by atoms with van der Waals surface area (Å²) in [6.45, 7) is 8.07. The zero-order valence-electron chi connectivity index (χ0n) is 18.6. The second kappa shape index (κ2) is 10.5. The molecule has 164 valence electrons. The number of urea groups is 1. The van der Waals surface area contributed by atoms with Gasteiger partial charge < -0.3 is 19.1 Å². The Morgan fingerprint density at radius 1 is 1.27 bits per heavy atom. The molecule has 0 radical (unpaired) electrons. The molecule has 0 bridgehead atoms. The third-order valence-electron chi connectivity index (χ3n) is 5.98. The molecule has 3 unspecified atom stereocenters. The normalized spacial score (nSPS) is 18.7. The number of aromatic nitrogens is 2. The Balaban J connectivity index is 1.51. The van der Waals surface area contributed by atoms with E-state index in [9.17, 15) is 4.79 Å². The minimum absolute atomic E-state index is 0.121. The van der Waals surface area contributed by atoms with Crippen LogP contribution < -0.4 is 4.74 Å². The standard InChI is InChI=1S/C23H34N4O3/c1-5-17(13-14-21-24-22(25-30-21)29-7-3)16-27(6-2)23(28)26(4)20-15-19(20)18-11-9-8-10-12-18/h8-12,17,19-20H,5-7,13-16H2,1-4H3. The van der Waals surface area contributed by atoms with Crippen LogP contribution in [0.4, 0.5) is 4.79 Å². The Hall–Kier alpha value is -2.57. The van der Waals surface area contributed by atoms with Crippen molar-refractivity contribution in [3.8, 4) is 6.01 Å². The van der Waals surface area contributed by atoms with Gasteiger partial charge in [0.1, 0.15) is 0 Å². The number of likely N-dealkylation sites (N-methyl/N-ethyl adjacent to an activating group) is 1. The molecule has 1 aromatic heterocycles. The Bertz CT molecular complexity index is 795. The lowest BCUT2D eigenvalue weighted by atomic mass is 9.99. The van der Waals surface area contributed by atoms with Crippen LogP contribution in [-0.2, 0) is 6.42 Å². The monoisotopic (exact) mass is 414 g/mol. The third kappa shape index (κ3) is 5.52. The molecule has 1 heterocycles. The van der Waals surface area contributed by atoms with E-state index in [-0.39, 0.29) is 6.03 Å². The van der Waals surface area contributed by atoms with Gasteiger partial charge in [-0.1, -0.05) is 43.7 Å². The van der Waals surface area contributed by atoms with Crippen LogP contribution in [0.25, 0.3) is 0 Å². The molecule has 0 N–H and O–H groups in total. The first kappa shape index (κ1) is 22.1. The average Bonchev–Trinajstić information content (AvgIpc) is 3.46. The number of hydrogen-bond acceptors (Lipinski definition) is 5. The SMILES string of the molecule is CCOc1noc(CCC(CC)CN(CC)C(=O)N(C)C2CC2c2ccccc2)n1. The first-order valence-electron chi connectivity index (χ1n) is 11.1. The van der Waals surface area contributed by atoms with E-state index in [1.807, 2.05) is 36.8 Å². The van der Waals surface area contributed by atoms with Gasteiger partial charge >= 0.3 is 12.0 Å². The maximum atomic E-state index is 13.1. The summed E-state index contributed by atoms with van der Waals surface area (Å²) in [4.78, 5) is 21.3. The van der Waals surface area contributed by atoms with Crippen molar-refractivity contribution >= 4 is 6.03 Å². The quantitative estimate of drug-likeness (QED) is 0.546. The minimum atomic E-state index is 0.121. The fourth-order valence-electron chi connectivity index (χ4n) is 3.97. The summed E-state index contributed by atoms with van der Waals surface area (Å²) in [7, 11) is 1.94. The van der Waals surface area contributed by atoms with Crippen LogP contribution in [0.1, 0.15) is 57.4 Å². The van der Waals surface area contributed by atoms with Gasteiger partial charge in [-0.15, -0.1) is 0 Å². The van der Waals surface area contributed by atoms with Crippen molar-refractivity contribution in [2.75, 3.05) is 26.7 Å². The lowest BCUT2D eigenvalue weighted by Gasteiger charge is -2.30. The Morgan fingerprint density at radius 2 is 2.03 bits per heavy atom. The van der Waals surface area contributed by atoms with Gasteiger partial charge in [-0.2, -0.15) is 4.98 Å². The molecular formula is C23H34N4O3. The first-order valence-corrected chi connectivity index (χ1v) is 11.1. The van der Waals surface area contributed by atoms with Gasteiger partial charge in [-0.25, -0.2) is 4.79 Å². The number of nitrogens with zero attached hydrogens (tertiary/aromatic N) is 4. The van der Waals surface area contributed by atoms with Crippen LogP contribution in [0.15, 0.2) is 34.9 Å². The number of carbonyl (C=O) groups is 1. The molecule has 0 aliphatic heterocycles. The van der Waals surface area contributed by atoms with Gasteiger partial charge in [0.05, 0.1) is 6.61 Å². The second-order valence-corrected chi connectivity index (χ2v) is 7.97. The van der Waals surface area contributed by atoms with Gasteiger partial charge in [0.25, 0.3) is 0 Å². The van der Waals surface area contributed by atoms with Gasteiger partial charge in [0.2, 0.25) is 5.89 Å². The highest BCUT2D eigenvalue weighted by molar-refractivity contribution is 5.75. The van der Waals surface area contributed by atoms with Gasteiger partial charge in [-0.3, -0.25) is 0 Å². The van der Waals surface area contributed by atoms with Gasteiger partial charge in [0, 0.05) is 38.5 Å². The Kier molecular flexibility index (Phi) is 7.71. The smallest absolute Gasteiger partial charge is 0.354 e. The molecule has 2 aromatic rings. The number of carbonyl (C=O) groups excluding carboxylic acids is 1. The molecule has 2 amide bonds. The molecule has 1 saturated carbocycles. The number of ether oxygens (including phenoxy) is 1. The van der Waals surface area contributed by atoms with Crippen molar-refractivity contribution in [2.24, 2.45) is 5.92 Å². The summed E-state index contributed by atoms with van der Waals surface area (Å²) >= 11 is 0. The van der Waals surface area contributed by atoms with Crippen LogP contribution in [-0.4, -0.2) is 58.8 Å². The lowest BCUT2D eigenvalue weighted by molar-refractivity contribution is 0.151. The zero-order chi connectivity index (χ0) is 21.5. The molecule has 7 nitrogen and oxygen atoms in total.